The van der Waals surface area contributed by atoms with Crippen molar-refractivity contribution in [2.75, 3.05) is 13.1 Å². The third-order valence-corrected chi connectivity index (χ3v) is 4.93. The molecule has 1 fully saturated rings. The molecule has 0 saturated heterocycles. The number of rotatable bonds is 5. The predicted molar refractivity (Wildman–Crippen MR) is 77.9 cm³/mol. The minimum absolute atomic E-state index is 0.0142. The maximum absolute atomic E-state index is 6.48. The molecule has 0 aromatic carbocycles. The monoisotopic (exact) mass is 267 g/mol. The lowest BCUT2D eigenvalue weighted by Crippen LogP contribution is -2.52. The van der Waals surface area contributed by atoms with Gasteiger partial charge >= 0.3 is 0 Å². The fourth-order valence-corrected chi connectivity index (χ4v) is 3.66. The van der Waals surface area contributed by atoms with Gasteiger partial charge in [-0.15, -0.1) is 11.3 Å². The van der Waals surface area contributed by atoms with Gasteiger partial charge in [-0.1, -0.05) is 26.7 Å². The summed E-state index contributed by atoms with van der Waals surface area (Å²) in [6.45, 7) is 6.45. The Bertz CT molecular complexity index is 352. The summed E-state index contributed by atoms with van der Waals surface area (Å²) in [5, 5.41) is 6.80. The van der Waals surface area contributed by atoms with E-state index in [1.54, 1.807) is 11.3 Å². The lowest BCUT2D eigenvalue weighted by molar-refractivity contribution is 0.229. The van der Waals surface area contributed by atoms with Crippen molar-refractivity contribution in [1.82, 2.24) is 10.3 Å². The summed E-state index contributed by atoms with van der Waals surface area (Å²) in [6.07, 6.45) is 6.82. The first-order valence-electron chi connectivity index (χ1n) is 6.98. The van der Waals surface area contributed by atoms with E-state index in [4.69, 9.17) is 5.73 Å². The van der Waals surface area contributed by atoms with Crippen molar-refractivity contribution in [2.45, 2.75) is 51.0 Å². The minimum Gasteiger partial charge on any atom is -0.324 e. The molecule has 4 heteroatoms. The van der Waals surface area contributed by atoms with E-state index in [2.05, 4.69) is 24.1 Å². The molecular formula is C14H25N3S. The van der Waals surface area contributed by atoms with Gasteiger partial charge < -0.3 is 11.1 Å². The number of nitrogens with zero attached hydrogens (tertiary/aromatic N) is 1. The van der Waals surface area contributed by atoms with Crippen molar-refractivity contribution in [3.8, 4) is 0 Å². The second-order valence-corrected chi connectivity index (χ2v) is 6.89. The van der Waals surface area contributed by atoms with E-state index in [9.17, 15) is 0 Å². The molecule has 0 radical (unpaired) electrons. The minimum atomic E-state index is 0.0142. The molecule has 1 heterocycles. The average molecular weight is 267 g/mol. The number of hydrogen-bond donors (Lipinski definition) is 2. The highest BCUT2D eigenvalue weighted by Crippen LogP contribution is 2.30. The van der Waals surface area contributed by atoms with Gasteiger partial charge in [0.2, 0.25) is 0 Å². The molecule has 1 aliphatic carbocycles. The van der Waals surface area contributed by atoms with Gasteiger partial charge in [0.15, 0.2) is 0 Å². The summed E-state index contributed by atoms with van der Waals surface area (Å²) in [4.78, 5) is 4.36. The smallest absolute Gasteiger partial charge is 0.0965 e. The quantitative estimate of drug-likeness (QED) is 0.862. The molecule has 0 spiro atoms. The molecule has 3 nitrogen and oxygen atoms in total. The molecule has 1 aromatic rings. The van der Waals surface area contributed by atoms with Crippen LogP contribution >= 0.6 is 11.3 Å². The van der Waals surface area contributed by atoms with Crippen LogP contribution in [0.3, 0.4) is 0 Å². The van der Waals surface area contributed by atoms with Gasteiger partial charge in [0, 0.05) is 36.1 Å². The van der Waals surface area contributed by atoms with E-state index < -0.39 is 0 Å². The third kappa shape index (κ3) is 3.77. The van der Waals surface area contributed by atoms with Crippen LogP contribution in [0.15, 0.2) is 11.6 Å². The molecule has 1 saturated carbocycles. The lowest BCUT2D eigenvalue weighted by atomic mass is 9.77. The number of nitrogens with two attached hydrogens (primary N) is 1. The van der Waals surface area contributed by atoms with Crippen LogP contribution in [0.25, 0.3) is 0 Å². The van der Waals surface area contributed by atoms with Crippen LogP contribution in [0, 0.1) is 5.92 Å². The zero-order valence-electron chi connectivity index (χ0n) is 11.5. The maximum Gasteiger partial charge on any atom is 0.0965 e. The van der Waals surface area contributed by atoms with Crippen molar-refractivity contribution in [3.05, 3.63) is 16.6 Å². The molecule has 18 heavy (non-hydrogen) atoms. The predicted octanol–water partition coefficient (Wildman–Crippen LogP) is 2.74. The Morgan fingerprint density at radius 3 is 3.17 bits per heavy atom. The van der Waals surface area contributed by atoms with Crippen LogP contribution in [0.2, 0.25) is 0 Å². The van der Waals surface area contributed by atoms with Gasteiger partial charge in [0.05, 0.1) is 5.01 Å². The van der Waals surface area contributed by atoms with Crippen molar-refractivity contribution < 1.29 is 0 Å². The zero-order chi connectivity index (χ0) is 13.0. The van der Waals surface area contributed by atoms with Crippen molar-refractivity contribution in [3.63, 3.8) is 0 Å². The van der Waals surface area contributed by atoms with Crippen LogP contribution in [-0.4, -0.2) is 23.6 Å². The van der Waals surface area contributed by atoms with Crippen LogP contribution in [-0.2, 0) is 0 Å². The van der Waals surface area contributed by atoms with E-state index in [0.717, 1.165) is 31.8 Å². The molecular weight excluding hydrogens is 242 g/mol. The van der Waals surface area contributed by atoms with Gasteiger partial charge in [-0.2, -0.15) is 0 Å². The Kier molecular flexibility index (Phi) is 4.76. The number of nitrogens with one attached hydrogen (secondary N) is 1. The molecule has 0 amide bonds. The van der Waals surface area contributed by atoms with Gasteiger partial charge in [-0.05, 0) is 18.8 Å². The first kappa shape index (κ1) is 14.0. The van der Waals surface area contributed by atoms with Crippen LogP contribution < -0.4 is 11.1 Å². The molecule has 3 N–H and O–H groups in total. The maximum atomic E-state index is 6.48. The molecule has 3 atom stereocenters. The van der Waals surface area contributed by atoms with Gasteiger partial charge in [-0.3, -0.25) is 0 Å². The Labute approximate surface area is 114 Å². The van der Waals surface area contributed by atoms with E-state index in [0.29, 0.717) is 5.92 Å². The van der Waals surface area contributed by atoms with E-state index in [-0.39, 0.29) is 5.54 Å². The number of aromatic nitrogens is 1. The second kappa shape index (κ2) is 6.13. The summed E-state index contributed by atoms with van der Waals surface area (Å²) >= 11 is 1.73. The topological polar surface area (TPSA) is 50.9 Å². The Morgan fingerprint density at radius 1 is 1.67 bits per heavy atom. The molecule has 3 unspecified atom stereocenters. The van der Waals surface area contributed by atoms with Gasteiger partial charge in [0.25, 0.3) is 0 Å². The average Bonchev–Trinajstić information content (AvgIpc) is 2.81. The van der Waals surface area contributed by atoms with Crippen LogP contribution in [0.1, 0.15) is 50.5 Å². The van der Waals surface area contributed by atoms with Crippen LogP contribution in [0.4, 0.5) is 0 Å². The third-order valence-electron chi connectivity index (χ3n) is 3.93. The highest BCUT2D eigenvalue weighted by Gasteiger charge is 2.30. The standard InChI is InChI=1S/C14H25N3S/c1-11-4-3-5-14(15,8-11)10-16-9-12(2)13-17-6-7-18-13/h6-7,11-12,16H,3-5,8-10,15H2,1-2H3. The molecule has 1 aromatic heterocycles. The fourth-order valence-electron chi connectivity index (χ4n) is 2.96. The molecule has 102 valence electrons. The highest BCUT2D eigenvalue weighted by atomic mass is 32.1. The van der Waals surface area contributed by atoms with E-state index in [1.807, 2.05) is 11.6 Å². The van der Waals surface area contributed by atoms with E-state index in [1.165, 1.54) is 17.8 Å². The summed E-state index contributed by atoms with van der Waals surface area (Å²) in [7, 11) is 0. The SMILES string of the molecule is CC1CCCC(N)(CNCC(C)c2nccs2)C1. The van der Waals surface area contributed by atoms with Gasteiger partial charge in [0.1, 0.15) is 0 Å². The van der Waals surface area contributed by atoms with Gasteiger partial charge in [-0.25, -0.2) is 4.98 Å². The van der Waals surface area contributed by atoms with Crippen molar-refractivity contribution in [1.29, 1.82) is 0 Å². The first-order valence-corrected chi connectivity index (χ1v) is 7.86. The first-order chi connectivity index (χ1) is 8.59. The zero-order valence-corrected chi connectivity index (χ0v) is 12.3. The summed E-state index contributed by atoms with van der Waals surface area (Å²) in [5.41, 5.74) is 6.49. The summed E-state index contributed by atoms with van der Waals surface area (Å²) in [6, 6.07) is 0. The Morgan fingerprint density at radius 2 is 2.50 bits per heavy atom. The molecule has 0 bridgehead atoms. The Balaban J connectivity index is 1.74. The van der Waals surface area contributed by atoms with Crippen LogP contribution in [0.5, 0.6) is 0 Å². The number of hydrogen-bond acceptors (Lipinski definition) is 4. The fraction of sp³-hybridized carbons (Fsp3) is 0.786. The highest BCUT2D eigenvalue weighted by molar-refractivity contribution is 7.09. The summed E-state index contributed by atoms with van der Waals surface area (Å²) < 4.78 is 0. The summed E-state index contributed by atoms with van der Waals surface area (Å²) in [5.74, 6) is 1.26. The van der Waals surface area contributed by atoms with Crippen molar-refractivity contribution >= 4 is 11.3 Å². The normalized spacial score (nSPS) is 30.3. The molecule has 1 aliphatic rings. The Hall–Kier alpha value is -0.450. The lowest BCUT2D eigenvalue weighted by Gasteiger charge is -2.37. The molecule has 2 rings (SSSR count). The van der Waals surface area contributed by atoms with E-state index >= 15 is 0 Å². The van der Waals surface area contributed by atoms with Crippen molar-refractivity contribution in [2.24, 2.45) is 11.7 Å². The second-order valence-electron chi connectivity index (χ2n) is 5.97. The number of thiazole rings is 1. The molecule has 0 aliphatic heterocycles. The largest absolute Gasteiger partial charge is 0.324 e.